The van der Waals surface area contributed by atoms with Gasteiger partial charge in [-0.25, -0.2) is 0 Å². The molecule has 16 heavy (non-hydrogen) atoms. The van der Waals surface area contributed by atoms with Gasteiger partial charge in [-0.3, -0.25) is 9.59 Å². The van der Waals surface area contributed by atoms with Crippen molar-refractivity contribution in [2.75, 3.05) is 5.32 Å². The maximum Gasteiger partial charge on any atom is 0.307 e. The Kier molecular flexibility index (Phi) is 2.82. The highest BCUT2D eigenvalue weighted by Crippen LogP contribution is 2.32. The van der Waals surface area contributed by atoms with Crippen molar-refractivity contribution in [1.82, 2.24) is 0 Å². The molecule has 1 aliphatic rings. The molecular weight excluding hydrogens is 278 g/mol. The smallest absolute Gasteiger partial charge is 0.307 e. The number of hydrogen-bond acceptors (Lipinski definition) is 3. The van der Waals surface area contributed by atoms with E-state index in [4.69, 9.17) is 9.84 Å². The highest BCUT2D eigenvalue weighted by atomic mass is 79.9. The summed E-state index contributed by atoms with van der Waals surface area (Å²) in [6.45, 7) is 0. The standard InChI is InChI=1S/C10H8BrNO4/c11-5-1-2-6-7(3-5)16-8(4-9(13)14)10(15)12-6/h1-3,8H,4H2,(H,12,15)(H,13,14). The molecule has 84 valence electrons. The molecule has 0 radical (unpaired) electrons. The first-order valence-electron chi connectivity index (χ1n) is 4.55. The van der Waals surface area contributed by atoms with Crippen molar-refractivity contribution in [3.05, 3.63) is 22.7 Å². The van der Waals surface area contributed by atoms with Crippen LogP contribution in [0.15, 0.2) is 22.7 Å². The summed E-state index contributed by atoms with van der Waals surface area (Å²) in [7, 11) is 0. The van der Waals surface area contributed by atoms with E-state index >= 15 is 0 Å². The molecule has 0 spiro atoms. The number of nitrogens with one attached hydrogen (secondary N) is 1. The number of amides is 1. The summed E-state index contributed by atoms with van der Waals surface area (Å²) in [6, 6.07) is 5.14. The van der Waals surface area contributed by atoms with Crippen LogP contribution in [0, 0.1) is 0 Å². The van der Waals surface area contributed by atoms with Gasteiger partial charge in [-0.05, 0) is 18.2 Å². The fraction of sp³-hybridized carbons (Fsp3) is 0.200. The first-order chi connectivity index (χ1) is 7.56. The van der Waals surface area contributed by atoms with Gasteiger partial charge < -0.3 is 15.2 Å². The number of carboxylic acids is 1. The highest BCUT2D eigenvalue weighted by Gasteiger charge is 2.29. The van der Waals surface area contributed by atoms with Gasteiger partial charge in [0.05, 0.1) is 12.1 Å². The molecule has 2 N–H and O–H groups in total. The molecule has 1 heterocycles. The maximum atomic E-state index is 11.5. The van der Waals surface area contributed by atoms with Crippen LogP contribution >= 0.6 is 15.9 Å². The largest absolute Gasteiger partial charge is 0.481 e. The van der Waals surface area contributed by atoms with Crippen molar-refractivity contribution in [1.29, 1.82) is 0 Å². The number of halogens is 1. The number of fused-ring (bicyclic) bond motifs is 1. The molecule has 0 saturated heterocycles. The molecule has 5 nitrogen and oxygen atoms in total. The lowest BCUT2D eigenvalue weighted by atomic mass is 10.2. The van der Waals surface area contributed by atoms with Gasteiger partial charge in [0.1, 0.15) is 5.75 Å². The molecule has 0 bridgehead atoms. The van der Waals surface area contributed by atoms with Gasteiger partial charge in [0.15, 0.2) is 6.10 Å². The van der Waals surface area contributed by atoms with E-state index in [1.54, 1.807) is 18.2 Å². The lowest BCUT2D eigenvalue weighted by Crippen LogP contribution is -2.38. The van der Waals surface area contributed by atoms with Crippen LogP contribution < -0.4 is 10.1 Å². The third kappa shape index (κ3) is 2.16. The topological polar surface area (TPSA) is 75.6 Å². The van der Waals surface area contributed by atoms with E-state index in [-0.39, 0.29) is 6.42 Å². The van der Waals surface area contributed by atoms with E-state index in [9.17, 15) is 9.59 Å². The van der Waals surface area contributed by atoms with Crippen molar-refractivity contribution in [3.8, 4) is 5.75 Å². The molecule has 1 unspecified atom stereocenters. The van der Waals surface area contributed by atoms with Crippen LogP contribution in [0.25, 0.3) is 0 Å². The molecule has 1 aromatic carbocycles. The Hall–Kier alpha value is -1.56. The van der Waals surface area contributed by atoms with Gasteiger partial charge in [0.2, 0.25) is 0 Å². The van der Waals surface area contributed by atoms with Gasteiger partial charge in [-0.1, -0.05) is 15.9 Å². The van der Waals surface area contributed by atoms with E-state index in [1.165, 1.54) is 0 Å². The molecule has 0 aliphatic carbocycles. The summed E-state index contributed by atoms with van der Waals surface area (Å²) in [5.41, 5.74) is 0.551. The number of aliphatic carboxylic acids is 1. The van der Waals surface area contributed by atoms with Crippen molar-refractivity contribution in [3.63, 3.8) is 0 Å². The summed E-state index contributed by atoms with van der Waals surface area (Å²) < 4.78 is 6.12. The summed E-state index contributed by atoms with van der Waals surface area (Å²) in [4.78, 5) is 22.0. The molecule has 1 atom stereocenters. The second-order valence-corrected chi connectivity index (χ2v) is 4.25. The summed E-state index contributed by atoms with van der Waals surface area (Å²) >= 11 is 3.27. The minimum Gasteiger partial charge on any atom is -0.481 e. The number of carbonyl (C=O) groups excluding carboxylic acids is 1. The van der Waals surface area contributed by atoms with E-state index in [0.717, 1.165) is 4.47 Å². The first kappa shape index (κ1) is 10.9. The Labute approximate surface area is 99.5 Å². The molecule has 1 amide bonds. The van der Waals surface area contributed by atoms with E-state index in [0.29, 0.717) is 11.4 Å². The van der Waals surface area contributed by atoms with Crippen LogP contribution in [-0.2, 0) is 9.59 Å². The highest BCUT2D eigenvalue weighted by molar-refractivity contribution is 9.10. The maximum absolute atomic E-state index is 11.5. The fourth-order valence-corrected chi connectivity index (χ4v) is 1.75. The van der Waals surface area contributed by atoms with Crippen LogP contribution in [0.4, 0.5) is 5.69 Å². The van der Waals surface area contributed by atoms with Crippen LogP contribution in [0.1, 0.15) is 6.42 Å². The number of anilines is 1. The summed E-state index contributed by atoms with van der Waals surface area (Å²) in [5, 5.41) is 11.2. The number of carbonyl (C=O) groups is 2. The summed E-state index contributed by atoms with van der Waals surface area (Å²) in [6.07, 6.45) is -1.32. The van der Waals surface area contributed by atoms with Gasteiger partial charge in [0.25, 0.3) is 5.91 Å². The van der Waals surface area contributed by atoms with Gasteiger partial charge >= 0.3 is 5.97 Å². The molecule has 6 heteroatoms. The zero-order valence-corrected chi connectivity index (χ0v) is 9.65. The van der Waals surface area contributed by atoms with Crippen molar-refractivity contribution < 1.29 is 19.4 Å². The van der Waals surface area contributed by atoms with Crippen LogP contribution in [0.3, 0.4) is 0 Å². The lowest BCUT2D eigenvalue weighted by molar-refractivity contribution is -0.142. The van der Waals surface area contributed by atoms with Crippen LogP contribution in [-0.4, -0.2) is 23.1 Å². The molecule has 2 rings (SSSR count). The second-order valence-electron chi connectivity index (χ2n) is 3.33. The molecule has 1 aromatic rings. The number of benzene rings is 1. The van der Waals surface area contributed by atoms with E-state index in [2.05, 4.69) is 21.2 Å². The summed E-state index contributed by atoms with van der Waals surface area (Å²) in [5.74, 6) is -1.03. The molecular formula is C10H8BrNO4. The van der Waals surface area contributed by atoms with Crippen LogP contribution in [0.5, 0.6) is 5.75 Å². The third-order valence-corrected chi connectivity index (χ3v) is 2.62. The minimum atomic E-state index is -1.07. The van der Waals surface area contributed by atoms with Gasteiger partial charge in [-0.15, -0.1) is 0 Å². The molecule has 1 aliphatic heterocycles. The number of rotatable bonds is 2. The van der Waals surface area contributed by atoms with E-state index < -0.39 is 18.0 Å². The van der Waals surface area contributed by atoms with Crippen molar-refractivity contribution in [2.24, 2.45) is 0 Å². The Morgan fingerprint density at radius 3 is 3.00 bits per heavy atom. The van der Waals surface area contributed by atoms with E-state index in [1.807, 2.05) is 0 Å². The number of carboxylic acid groups (broad SMARTS) is 1. The van der Waals surface area contributed by atoms with Crippen molar-refractivity contribution in [2.45, 2.75) is 12.5 Å². The predicted octanol–water partition coefficient (Wildman–Crippen LogP) is 1.62. The fourth-order valence-electron chi connectivity index (χ4n) is 1.41. The van der Waals surface area contributed by atoms with Crippen molar-refractivity contribution >= 4 is 33.5 Å². The second kappa shape index (κ2) is 4.13. The number of ether oxygens (including phenoxy) is 1. The Bertz CT molecular complexity index is 460. The van der Waals surface area contributed by atoms with Gasteiger partial charge in [0, 0.05) is 4.47 Å². The Morgan fingerprint density at radius 1 is 1.56 bits per heavy atom. The molecule has 0 fully saturated rings. The molecule has 0 aromatic heterocycles. The quantitative estimate of drug-likeness (QED) is 0.866. The monoisotopic (exact) mass is 285 g/mol. The van der Waals surface area contributed by atoms with Gasteiger partial charge in [-0.2, -0.15) is 0 Å². The Morgan fingerprint density at radius 2 is 2.31 bits per heavy atom. The SMILES string of the molecule is O=C(O)CC1Oc2cc(Br)ccc2NC1=O. The average Bonchev–Trinajstić information content (AvgIpc) is 2.19. The normalized spacial score (nSPS) is 18.3. The lowest BCUT2D eigenvalue weighted by Gasteiger charge is -2.24. The zero-order valence-electron chi connectivity index (χ0n) is 8.07. The predicted molar refractivity (Wildman–Crippen MR) is 59.4 cm³/mol. The third-order valence-electron chi connectivity index (χ3n) is 2.12. The molecule has 0 saturated carbocycles. The minimum absolute atomic E-state index is 0.349. The van der Waals surface area contributed by atoms with Crippen LogP contribution in [0.2, 0.25) is 0 Å². The zero-order chi connectivity index (χ0) is 11.7. The first-order valence-corrected chi connectivity index (χ1v) is 5.34. The number of hydrogen-bond donors (Lipinski definition) is 2. The Balaban J connectivity index is 2.26. The average molecular weight is 286 g/mol.